The summed E-state index contributed by atoms with van der Waals surface area (Å²) in [5.41, 5.74) is 0.494. The van der Waals surface area contributed by atoms with Crippen LogP contribution in [0.2, 0.25) is 0 Å². The van der Waals surface area contributed by atoms with E-state index in [0.717, 1.165) is 12.1 Å². The van der Waals surface area contributed by atoms with Crippen LogP contribution in [0.15, 0.2) is 40.9 Å². The van der Waals surface area contributed by atoms with Crippen molar-refractivity contribution in [3.8, 4) is 0 Å². The zero-order chi connectivity index (χ0) is 14.0. The maximum absolute atomic E-state index is 13.5. The Bertz CT molecular complexity index is 601. The normalized spacial score (nSPS) is 12.5. The third-order valence-corrected chi connectivity index (χ3v) is 3.47. The predicted molar refractivity (Wildman–Crippen MR) is 69.1 cm³/mol. The Labute approximate surface area is 116 Å². The predicted octanol–water partition coefficient (Wildman–Crippen LogP) is 4.14. The van der Waals surface area contributed by atoms with Gasteiger partial charge in [-0.05, 0) is 35.4 Å². The lowest BCUT2D eigenvalue weighted by atomic mass is 10.0. The molecule has 1 nitrogen and oxygen atoms in total. The van der Waals surface area contributed by atoms with Crippen molar-refractivity contribution in [3.63, 3.8) is 0 Å². The summed E-state index contributed by atoms with van der Waals surface area (Å²) in [6, 6.07) is 7.03. The average Bonchev–Trinajstić information content (AvgIpc) is 2.35. The molecule has 0 spiro atoms. The fraction of sp³-hybridized carbons (Fsp3) is 0.143. The maximum atomic E-state index is 13.5. The summed E-state index contributed by atoms with van der Waals surface area (Å²) in [5.74, 6) is -1.90. The first-order chi connectivity index (χ1) is 8.97. The second-order valence-electron chi connectivity index (χ2n) is 4.12. The first-order valence-corrected chi connectivity index (χ1v) is 6.33. The van der Waals surface area contributed by atoms with Crippen molar-refractivity contribution in [3.05, 3.63) is 69.4 Å². The molecule has 0 aliphatic rings. The first kappa shape index (κ1) is 14.1. The number of aliphatic hydroxyl groups excluding tert-OH is 1. The van der Waals surface area contributed by atoms with Crippen LogP contribution < -0.4 is 0 Å². The van der Waals surface area contributed by atoms with Crippen LogP contribution in [0.4, 0.5) is 13.2 Å². The van der Waals surface area contributed by atoms with Crippen molar-refractivity contribution in [2.45, 2.75) is 12.5 Å². The molecule has 1 unspecified atom stereocenters. The van der Waals surface area contributed by atoms with Crippen molar-refractivity contribution >= 4 is 15.9 Å². The third-order valence-electron chi connectivity index (χ3n) is 2.75. The zero-order valence-electron chi connectivity index (χ0n) is 9.71. The molecule has 0 aliphatic heterocycles. The van der Waals surface area contributed by atoms with Crippen LogP contribution in [-0.4, -0.2) is 5.11 Å². The fourth-order valence-corrected chi connectivity index (χ4v) is 2.29. The van der Waals surface area contributed by atoms with Gasteiger partial charge in [-0.2, -0.15) is 0 Å². The Balaban J connectivity index is 2.25. The van der Waals surface area contributed by atoms with E-state index in [9.17, 15) is 18.3 Å². The lowest BCUT2D eigenvalue weighted by molar-refractivity contribution is 0.176. The molecule has 0 aromatic heterocycles. The van der Waals surface area contributed by atoms with Crippen molar-refractivity contribution in [1.29, 1.82) is 0 Å². The summed E-state index contributed by atoms with van der Waals surface area (Å²) in [6.07, 6.45) is -1.14. The van der Waals surface area contributed by atoms with Crippen LogP contribution >= 0.6 is 15.9 Å². The second-order valence-corrected chi connectivity index (χ2v) is 4.98. The number of hydrogen-bond donors (Lipinski definition) is 1. The summed E-state index contributed by atoms with van der Waals surface area (Å²) in [5, 5.41) is 10.0. The summed E-state index contributed by atoms with van der Waals surface area (Å²) in [6.45, 7) is 0. The smallest absolute Gasteiger partial charge is 0.129 e. The van der Waals surface area contributed by atoms with E-state index in [1.807, 2.05) is 0 Å². The van der Waals surface area contributed by atoms with Crippen LogP contribution in [-0.2, 0) is 6.42 Å². The van der Waals surface area contributed by atoms with Crippen LogP contribution in [0.25, 0.3) is 0 Å². The Morgan fingerprint density at radius 2 is 1.63 bits per heavy atom. The van der Waals surface area contributed by atoms with Gasteiger partial charge in [-0.1, -0.05) is 22.0 Å². The standard InChI is InChI=1S/C14H10BrF3O/c15-12-4-3-9(16)6-11(12)14(19)5-8-1-2-10(17)7-13(8)18/h1-4,6-7,14,19H,5H2. The number of halogens is 4. The molecule has 0 saturated heterocycles. The third kappa shape index (κ3) is 3.36. The molecular weight excluding hydrogens is 321 g/mol. The highest BCUT2D eigenvalue weighted by Gasteiger charge is 2.15. The van der Waals surface area contributed by atoms with E-state index in [-0.39, 0.29) is 12.0 Å². The first-order valence-electron chi connectivity index (χ1n) is 5.54. The van der Waals surface area contributed by atoms with E-state index in [1.54, 1.807) is 0 Å². The number of hydrogen-bond acceptors (Lipinski definition) is 1. The molecule has 0 aliphatic carbocycles. The number of aliphatic hydroxyl groups is 1. The SMILES string of the molecule is OC(Cc1ccc(F)cc1F)c1cc(F)ccc1Br. The molecule has 2 aromatic carbocycles. The van der Waals surface area contributed by atoms with Gasteiger partial charge in [0.05, 0.1) is 6.10 Å². The average molecular weight is 331 g/mol. The summed E-state index contributed by atoms with van der Waals surface area (Å²) >= 11 is 3.19. The summed E-state index contributed by atoms with van der Waals surface area (Å²) in [7, 11) is 0. The van der Waals surface area contributed by atoms with Crippen LogP contribution in [0, 0.1) is 17.5 Å². The van der Waals surface area contributed by atoms with E-state index in [1.165, 1.54) is 24.3 Å². The molecule has 5 heteroatoms. The minimum atomic E-state index is -1.08. The van der Waals surface area contributed by atoms with Crippen molar-refractivity contribution in [1.82, 2.24) is 0 Å². The molecule has 1 atom stereocenters. The van der Waals surface area contributed by atoms with Gasteiger partial charge in [-0.15, -0.1) is 0 Å². The highest BCUT2D eigenvalue weighted by atomic mass is 79.9. The quantitative estimate of drug-likeness (QED) is 0.896. The zero-order valence-corrected chi connectivity index (χ0v) is 11.3. The lowest BCUT2D eigenvalue weighted by Gasteiger charge is -2.13. The number of benzene rings is 2. The molecule has 0 saturated carbocycles. The van der Waals surface area contributed by atoms with E-state index in [0.29, 0.717) is 10.0 Å². The molecular formula is C14H10BrF3O. The fourth-order valence-electron chi connectivity index (χ4n) is 1.78. The van der Waals surface area contributed by atoms with Crippen molar-refractivity contribution < 1.29 is 18.3 Å². The summed E-state index contributed by atoms with van der Waals surface area (Å²) < 4.78 is 39.9. The van der Waals surface area contributed by atoms with Gasteiger partial charge in [0.2, 0.25) is 0 Å². The van der Waals surface area contributed by atoms with E-state index >= 15 is 0 Å². The van der Waals surface area contributed by atoms with Gasteiger partial charge >= 0.3 is 0 Å². The van der Waals surface area contributed by atoms with Gasteiger partial charge in [0.1, 0.15) is 17.5 Å². The minimum absolute atomic E-state index is 0.0613. The Kier molecular flexibility index (Phi) is 4.27. The van der Waals surface area contributed by atoms with Gasteiger partial charge in [-0.3, -0.25) is 0 Å². The molecule has 1 N–H and O–H groups in total. The van der Waals surface area contributed by atoms with Gasteiger partial charge < -0.3 is 5.11 Å². The van der Waals surface area contributed by atoms with Gasteiger partial charge in [0.15, 0.2) is 0 Å². The highest BCUT2D eigenvalue weighted by Crippen LogP contribution is 2.27. The van der Waals surface area contributed by atoms with E-state index < -0.39 is 23.6 Å². The molecule has 0 heterocycles. The molecule has 0 fully saturated rings. The van der Waals surface area contributed by atoms with Crippen molar-refractivity contribution in [2.75, 3.05) is 0 Å². The van der Waals surface area contributed by atoms with Crippen LogP contribution in [0.1, 0.15) is 17.2 Å². The van der Waals surface area contributed by atoms with E-state index in [4.69, 9.17) is 0 Å². The molecule has 19 heavy (non-hydrogen) atoms. The topological polar surface area (TPSA) is 20.2 Å². The molecule has 0 amide bonds. The van der Waals surface area contributed by atoms with Crippen LogP contribution in [0.5, 0.6) is 0 Å². The minimum Gasteiger partial charge on any atom is -0.388 e. The molecule has 2 aromatic rings. The van der Waals surface area contributed by atoms with Crippen LogP contribution in [0.3, 0.4) is 0 Å². The lowest BCUT2D eigenvalue weighted by Crippen LogP contribution is -2.05. The maximum Gasteiger partial charge on any atom is 0.129 e. The Morgan fingerprint density at radius 1 is 1.00 bits per heavy atom. The van der Waals surface area contributed by atoms with Gasteiger partial charge in [0.25, 0.3) is 0 Å². The van der Waals surface area contributed by atoms with Gasteiger partial charge in [0, 0.05) is 17.0 Å². The molecule has 2 rings (SSSR count). The largest absolute Gasteiger partial charge is 0.388 e. The monoisotopic (exact) mass is 330 g/mol. The van der Waals surface area contributed by atoms with Crippen molar-refractivity contribution in [2.24, 2.45) is 0 Å². The summed E-state index contributed by atoms with van der Waals surface area (Å²) in [4.78, 5) is 0. The number of rotatable bonds is 3. The Hall–Kier alpha value is -1.33. The van der Waals surface area contributed by atoms with Gasteiger partial charge in [-0.25, -0.2) is 13.2 Å². The second kappa shape index (κ2) is 5.75. The Morgan fingerprint density at radius 3 is 2.32 bits per heavy atom. The highest BCUT2D eigenvalue weighted by molar-refractivity contribution is 9.10. The molecule has 100 valence electrons. The van der Waals surface area contributed by atoms with E-state index in [2.05, 4.69) is 15.9 Å². The molecule has 0 radical (unpaired) electrons. The molecule has 0 bridgehead atoms.